The summed E-state index contributed by atoms with van der Waals surface area (Å²) in [6.07, 6.45) is 4.49. The van der Waals surface area contributed by atoms with Gasteiger partial charge in [-0.15, -0.1) is 0 Å². The van der Waals surface area contributed by atoms with E-state index in [2.05, 4.69) is 11.9 Å². The van der Waals surface area contributed by atoms with Crippen molar-refractivity contribution in [3.05, 3.63) is 22.8 Å². The third-order valence-electron chi connectivity index (χ3n) is 2.87. The first-order chi connectivity index (χ1) is 10.2. The minimum Gasteiger partial charge on any atom is -0.383 e. The van der Waals surface area contributed by atoms with E-state index in [1.807, 2.05) is 6.07 Å². The lowest BCUT2D eigenvalue weighted by Crippen LogP contribution is -2.11. The van der Waals surface area contributed by atoms with Crippen LogP contribution in [0.25, 0.3) is 0 Å². The monoisotopic (exact) mass is 316 g/mol. The van der Waals surface area contributed by atoms with E-state index in [1.165, 1.54) is 6.20 Å². The molecule has 1 rings (SSSR count). The Hall–Kier alpha value is -0.880. The summed E-state index contributed by atoms with van der Waals surface area (Å²) >= 11 is 5.87. The largest absolute Gasteiger partial charge is 0.383 e. The highest BCUT2D eigenvalue weighted by Crippen LogP contribution is 2.15. The number of nitrogen functional groups attached to an aromatic ring is 1. The van der Waals surface area contributed by atoms with Crippen LogP contribution >= 0.6 is 11.6 Å². The van der Waals surface area contributed by atoms with Crippen LogP contribution in [-0.2, 0) is 20.6 Å². The van der Waals surface area contributed by atoms with Gasteiger partial charge < -0.3 is 19.9 Å². The molecule has 0 atom stereocenters. The van der Waals surface area contributed by atoms with Crippen LogP contribution in [0.3, 0.4) is 0 Å². The fourth-order valence-corrected chi connectivity index (χ4v) is 1.84. The first-order valence-corrected chi connectivity index (χ1v) is 7.75. The number of nitrogens with two attached hydrogens (primary N) is 1. The Kier molecular flexibility index (Phi) is 10.2. The second-order valence-electron chi connectivity index (χ2n) is 4.64. The molecule has 1 aromatic rings. The number of halogens is 1. The lowest BCUT2D eigenvalue weighted by atomic mass is 10.2. The van der Waals surface area contributed by atoms with Crippen LogP contribution in [0.4, 0.5) is 5.82 Å². The summed E-state index contributed by atoms with van der Waals surface area (Å²) in [4.78, 5) is 4.00. The lowest BCUT2D eigenvalue weighted by Gasteiger charge is -2.08. The van der Waals surface area contributed by atoms with Crippen molar-refractivity contribution >= 4 is 17.4 Å². The maximum absolute atomic E-state index is 5.87. The molecule has 0 aliphatic rings. The molecule has 0 saturated carbocycles. The molecule has 0 amide bonds. The SMILES string of the molecule is CCCCOCCOCCOCCc1cc(Cl)cnc1N. The van der Waals surface area contributed by atoms with Crippen molar-refractivity contribution in [2.75, 3.05) is 45.4 Å². The zero-order valence-corrected chi connectivity index (χ0v) is 13.4. The predicted molar refractivity (Wildman–Crippen MR) is 84.7 cm³/mol. The predicted octanol–water partition coefficient (Wildman–Crippen LogP) is 2.71. The first-order valence-electron chi connectivity index (χ1n) is 7.37. The molecule has 0 saturated heterocycles. The van der Waals surface area contributed by atoms with Gasteiger partial charge in [0.05, 0.1) is 38.1 Å². The van der Waals surface area contributed by atoms with Gasteiger partial charge in [-0.2, -0.15) is 0 Å². The highest BCUT2D eigenvalue weighted by molar-refractivity contribution is 6.30. The summed E-state index contributed by atoms with van der Waals surface area (Å²) in [5.74, 6) is 0.503. The number of hydrogen-bond acceptors (Lipinski definition) is 5. The van der Waals surface area contributed by atoms with E-state index in [0.717, 1.165) is 25.0 Å². The summed E-state index contributed by atoms with van der Waals surface area (Å²) in [7, 11) is 0. The van der Waals surface area contributed by atoms with Crippen molar-refractivity contribution < 1.29 is 14.2 Å². The molecule has 0 spiro atoms. The van der Waals surface area contributed by atoms with Gasteiger partial charge in [-0.1, -0.05) is 24.9 Å². The molecule has 6 heteroatoms. The zero-order valence-electron chi connectivity index (χ0n) is 12.6. The molecular weight excluding hydrogens is 292 g/mol. The van der Waals surface area contributed by atoms with E-state index in [1.54, 1.807) is 0 Å². The van der Waals surface area contributed by atoms with Crippen molar-refractivity contribution in [1.29, 1.82) is 0 Å². The van der Waals surface area contributed by atoms with Gasteiger partial charge in [0.15, 0.2) is 0 Å². The first kappa shape index (κ1) is 18.2. The number of ether oxygens (including phenoxy) is 3. The van der Waals surface area contributed by atoms with E-state index >= 15 is 0 Å². The zero-order chi connectivity index (χ0) is 15.3. The average Bonchev–Trinajstić information content (AvgIpc) is 2.48. The summed E-state index contributed by atoms with van der Waals surface area (Å²) < 4.78 is 16.3. The summed E-state index contributed by atoms with van der Waals surface area (Å²) in [6, 6.07) is 1.82. The molecule has 5 nitrogen and oxygen atoms in total. The van der Waals surface area contributed by atoms with Gasteiger partial charge in [0.2, 0.25) is 0 Å². The molecular formula is C15H25ClN2O3. The Morgan fingerprint density at radius 3 is 2.33 bits per heavy atom. The van der Waals surface area contributed by atoms with Crippen molar-refractivity contribution in [2.24, 2.45) is 0 Å². The van der Waals surface area contributed by atoms with E-state index in [4.69, 9.17) is 31.5 Å². The van der Waals surface area contributed by atoms with Crippen molar-refractivity contribution in [3.8, 4) is 0 Å². The van der Waals surface area contributed by atoms with Crippen LogP contribution in [0, 0.1) is 0 Å². The number of aromatic nitrogens is 1. The van der Waals surface area contributed by atoms with E-state index in [-0.39, 0.29) is 0 Å². The number of unbranched alkanes of at least 4 members (excludes halogenated alkanes) is 1. The van der Waals surface area contributed by atoms with Crippen LogP contribution in [0.1, 0.15) is 25.3 Å². The molecule has 0 aromatic carbocycles. The van der Waals surface area contributed by atoms with Gasteiger partial charge in [-0.05, 0) is 24.5 Å². The van der Waals surface area contributed by atoms with Crippen molar-refractivity contribution in [2.45, 2.75) is 26.2 Å². The van der Waals surface area contributed by atoms with E-state index in [9.17, 15) is 0 Å². The third kappa shape index (κ3) is 8.88. The van der Waals surface area contributed by atoms with E-state index < -0.39 is 0 Å². The van der Waals surface area contributed by atoms with Gasteiger partial charge in [-0.25, -0.2) is 4.98 Å². The highest BCUT2D eigenvalue weighted by atomic mass is 35.5. The molecule has 1 heterocycles. The fourth-order valence-electron chi connectivity index (χ4n) is 1.66. The number of pyridine rings is 1. The van der Waals surface area contributed by atoms with Crippen LogP contribution in [0.5, 0.6) is 0 Å². The van der Waals surface area contributed by atoms with Gasteiger partial charge in [-0.3, -0.25) is 0 Å². The Labute approximate surface area is 131 Å². The minimum absolute atomic E-state index is 0.503. The number of hydrogen-bond donors (Lipinski definition) is 1. The fraction of sp³-hybridized carbons (Fsp3) is 0.667. The molecule has 0 fully saturated rings. The van der Waals surface area contributed by atoms with Gasteiger partial charge in [0, 0.05) is 12.8 Å². The molecule has 0 aliphatic heterocycles. The van der Waals surface area contributed by atoms with Crippen molar-refractivity contribution in [1.82, 2.24) is 4.98 Å². The molecule has 0 unspecified atom stereocenters. The quantitative estimate of drug-likeness (QED) is 0.601. The molecule has 2 N–H and O–H groups in total. The number of nitrogens with zero attached hydrogens (tertiary/aromatic N) is 1. The van der Waals surface area contributed by atoms with Gasteiger partial charge in [0.25, 0.3) is 0 Å². The van der Waals surface area contributed by atoms with Crippen LogP contribution in [0.2, 0.25) is 5.02 Å². The summed E-state index contributed by atoms with van der Waals surface area (Å²) in [6.45, 7) is 5.91. The topological polar surface area (TPSA) is 66.6 Å². The molecule has 21 heavy (non-hydrogen) atoms. The van der Waals surface area contributed by atoms with Crippen LogP contribution < -0.4 is 5.73 Å². The molecule has 0 bridgehead atoms. The molecule has 120 valence electrons. The lowest BCUT2D eigenvalue weighted by molar-refractivity contribution is 0.0146. The number of anilines is 1. The highest BCUT2D eigenvalue weighted by Gasteiger charge is 2.01. The third-order valence-corrected chi connectivity index (χ3v) is 3.08. The maximum Gasteiger partial charge on any atom is 0.126 e. The Morgan fingerprint density at radius 2 is 1.67 bits per heavy atom. The Bertz CT molecular complexity index is 391. The van der Waals surface area contributed by atoms with Crippen LogP contribution in [-0.4, -0.2) is 44.6 Å². The standard InChI is InChI=1S/C15H25ClN2O3/c1-2-3-5-19-7-9-21-10-8-20-6-4-13-11-14(16)12-18-15(13)17/h11-12H,2-10H2,1H3,(H2,17,18). The summed E-state index contributed by atoms with van der Waals surface area (Å²) in [5.41, 5.74) is 6.67. The second kappa shape index (κ2) is 11.7. The minimum atomic E-state index is 0.503. The average molecular weight is 317 g/mol. The second-order valence-corrected chi connectivity index (χ2v) is 5.08. The Morgan fingerprint density at radius 1 is 1.05 bits per heavy atom. The van der Waals surface area contributed by atoms with Gasteiger partial charge in [0.1, 0.15) is 5.82 Å². The molecule has 0 aliphatic carbocycles. The normalized spacial score (nSPS) is 11.0. The van der Waals surface area contributed by atoms with Crippen LogP contribution in [0.15, 0.2) is 12.3 Å². The van der Waals surface area contributed by atoms with Gasteiger partial charge >= 0.3 is 0 Å². The number of rotatable bonds is 12. The Balaban J connectivity index is 1.94. The van der Waals surface area contributed by atoms with E-state index in [0.29, 0.717) is 50.3 Å². The molecule has 1 aromatic heterocycles. The molecule has 0 radical (unpaired) electrons. The van der Waals surface area contributed by atoms with Crippen molar-refractivity contribution in [3.63, 3.8) is 0 Å². The summed E-state index contributed by atoms with van der Waals surface area (Å²) in [5, 5.41) is 0.589. The maximum atomic E-state index is 5.87. The smallest absolute Gasteiger partial charge is 0.126 e.